The van der Waals surface area contributed by atoms with Gasteiger partial charge in [-0.15, -0.1) is 0 Å². The zero-order chi connectivity index (χ0) is 14.0. The molecule has 0 saturated heterocycles. The molecule has 2 heterocycles. The fourth-order valence-corrected chi connectivity index (χ4v) is 2.21. The maximum atomic E-state index is 6.25. The van der Waals surface area contributed by atoms with Gasteiger partial charge in [0.25, 0.3) is 0 Å². The predicted octanol–water partition coefficient (Wildman–Crippen LogP) is 2.88. The highest BCUT2D eigenvalue weighted by Gasteiger charge is 2.16. The summed E-state index contributed by atoms with van der Waals surface area (Å²) < 4.78 is 4.04. The van der Waals surface area contributed by atoms with Crippen LogP contribution in [0.5, 0.6) is 0 Å². The van der Waals surface area contributed by atoms with E-state index in [1.54, 1.807) is 0 Å². The molecule has 0 saturated carbocycles. The van der Waals surface area contributed by atoms with Crippen LogP contribution < -0.4 is 5.73 Å². The first-order chi connectivity index (χ1) is 9.08. The fraction of sp³-hybridized carbons (Fsp3) is 0.571. The summed E-state index contributed by atoms with van der Waals surface area (Å²) in [6, 6.07) is 0.346. The second kappa shape index (κ2) is 5.47. The van der Waals surface area contributed by atoms with Crippen molar-refractivity contribution in [3.63, 3.8) is 0 Å². The van der Waals surface area contributed by atoms with Crippen LogP contribution in [0.1, 0.15) is 46.0 Å². The second-order valence-corrected chi connectivity index (χ2v) is 5.07. The molecule has 2 N–H and O–H groups in total. The molecule has 5 nitrogen and oxygen atoms in total. The summed E-state index contributed by atoms with van der Waals surface area (Å²) >= 11 is 0. The van der Waals surface area contributed by atoms with Crippen molar-refractivity contribution < 1.29 is 0 Å². The van der Waals surface area contributed by atoms with Crippen LogP contribution in [0.4, 0.5) is 5.82 Å². The molecule has 0 atom stereocenters. The molecule has 0 fully saturated rings. The third-order valence-corrected chi connectivity index (χ3v) is 3.25. The van der Waals surface area contributed by atoms with E-state index >= 15 is 0 Å². The van der Waals surface area contributed by atoms with Crippen LogP contribution in [-0.2, 0) is 13.0 Å². The van der Waals surface area contributed by atoms with Gasteiger partial charge < -0.3 is 10.3 Å². The lowest BCUT2D eigenvalue weighted by molar-refractivity contribution is 0.532. The lowest BCUT2D eigenvalue weighted by Crippen LogP contribution is -2.06. The van der Waals surface area contributed by atoms with Crippen LogP contribution in [0.2, 0.25) is 0 Å². The number of anilines is 1. The normalized spacial score (nSPS) is 11.4. The van der Waals surface area contributed by atoms with Crippen LogP contribution in [0, 0.1) is 0 Å². The van der Waals surface area contributed by atoms with Gasteiger partial charge in [0.05, 0.1) is 6.20 Å². The van der Waals surface area contributed by atoms with Crippen LogP contribution in [0.25, 0.3) is 11.3 Å². The number of nitrogens with two attached hydrogens (primary N) is 1. The number of rotatable bonds is 5. The number of aryl methyl sites for hydroxylation is 1. The Balaban J connectivity index is 2.43. The van der Waals surface area contributed by atoms with Gasteiger partial charge in [-0.25, -0.2) is 4.98 Å². The first kappa shape index (κ1) is 13.6. The molecule has 0 amide bonds. The van der Waals surface area contributed by atoms with E-state index in [1.807, 2.05) is 17.1 Å². The summed E-state index contributed by atoms with van der Waals surface area (Å²) in [5.41, 5.74) is 8.10. The standard InChI is InChI=1S/C14H23N5/c1-5-7-18-12(6-2)17-13(14(18)15)11-8-16-19(9-11)10(3)4/h8-10H,5-7,15H2,1-4H3. The van der Waals surface area contributed by atoms with Gasteiger partial charge in [0.15, 0.2) is 0 Å². The van der Waals surface area contributed by atoms with Crippen molar-refractivity contribution in [2.24, 2.45) is 0 Å². The molecule has 19 heavy (non-hydrogen) atoms. The van der Waals surface area contributed by atoms with E-state index < -0.39 is 0 Å². The zero-order valence-electron chi connectivity index (χ0n) is 12.2. The smallest absolute Gasteiger partial charge is 0.131 e. The van der Waals surface area contributed by atoms with Gasteiger partial charge in [0, 0.05) is 30.8 Å². The minimum atomic E-state index is 0.346. The van der Waals surface area contributed by atoms with Crippen LogP contribution in [0.15, 0.2) is 12.4 Å². The van der Waals surface area contributed by atoms with E-state index in [1.165, 1.54) is 0 Å². The first-order valence-corrected chi connectivity index (χ1v) is 6.97. The zero-order valence-corrected chi connectivity index (χ0v) is 12.2. The monoisotopic (exact) mass is 261 g/mol. The average Bonchev–Trinajstić information content (AvgIpc) is 2.96. The topological polar surface area (TPSA) is 61.7 Å². The number of hydrogen-bond acceptors (Lipinski definition) is 3. The van der Waals surface area contributed by atoms with Gasteiger partial charge in [0.2, 0.25) is 0 Å². The Kier molecular flexibility index (Phi) is 3.93. The van der Waals surface area contributed by atoms with Gasteiger partial charge in [-0.3, -0.25) is 4.68 Å². The fourth-order valence-electron chi connectivity index (χ4n) is 2.21. The van der Waals surface area contributed by atoms with E-state index in [2.05, 4.69) is 42.3 Å². The molecule has 2 aromatic rings. The van der Waals surface area contributed by atoms with Crippen LogP contribution >= 0.6 is 0 Å². The Bertz CT molecular complexity index is 550. The molecule has 0 aliphatic carbocycles. The maximum Gasteiger partial charge on any atom is 0.131 e. The molecule has 0 spiro atoms. The molecule has 0 aliphatic rings. The summed E-state index contributed by atoms with van der Waals surface area (Å²) in [4.78, 5) is 4.67. The second-order valence-electron chi connectivity index (χ2n) is 5.07. The summed E-state index contributed by atoms with van der Waals surface area (Å²) in [6.45, 7) is 9.38. The molecule has 0 unspecified atom stereocenters. The number of hydrogen-bond donors (Lipinski definition) is 1. The van der Waals surface area contributed by atoms with E-state index in [0.29, 0.717) is 6.04 Å². The van der Waals surface area contributed by atoms with Crippen molar-refractivity contribution in [2.75, 3.05) is 5.73 Å². The van der Waals surface area contributed by atoms with Gasteiger partial charge in [0.1, 0.15) is 17.3 Å². The van der Waals surface area contributed by atoms with Crippen molar-refractivity contribution in [3.05, 3.63) is 18.2 Å². The van der Waals surface area contributed by atoms with Crippen molar-refractivity contribution in [2.45, 2.75) is 53.1 Å². The van der Waals surface area contributed by atoms with Gasteiger partial charge in [-0.1, -0.05) is 13.8 Å². The number of aromatic nitrogens is 4. The molecule has 0 radical (unpaired) electrons. The highest BCUT2D eigenvalue weighted by molar-refractivity contribution is 5.70. The van der Waals surface area contributed by atoms with Crippen molar-refractivity contribution >= 4 is 5.82 Å². The van der Waals surface area contributed by atoms with Gasteiger partial charge >= 0.3 is 0 Å². The average molecular weight is 261 g/mol. The van der Waals surface area contributed by atoms with Crippen molar-refractivity contribution in [1.29, 1.82) is 0 Å². The lowest BCUT2D eigenvalue weighted by Gasteiger charge is -2.06. The Hall–Kier alpha value is -1.78. The summed E-state index contributed by atoms with van der Waals surface area (Å²) in [5, 5.41) is 4.36. The predicted molar refractivity (Wildman–Crippen MR) is 77.9 cm³/mol. The maximum absolute atomic E-state index is 6.25. The molecule has 0 aromatic carbocycles. The van der Waals surface area contributed by atoms with E-state index in [-0.39, 0.29) is 0 Å². The molecule has 0 aliphatic heterocycles. The largest absolute Gasteiger partial charge is 0.383 e. The van der Waals surface area contributed by atoms with E-state index in [4.69, 9.17) is 5.73 Å². The highest BCUT2D eigenvalue weighted by atomic mass is 15.3. The third kappa shape index (κ3) is 2.50. The third-order valence-electron chi connectivity index (χ3n) is 3.25. The summed E-state index contributed by atoms with van der Waals surface area (Å²) in [5.74, 6) is 1.80. The molecule has 2 aromatic heterocycles. The lowest BCUT2D eigenvalue weighted by atomic mass is 10.2. The van der Waals surface area contributed by atoms with Gasteiger partial charge in [-0.2, -0.15) is 5.10 Å². The SMILES string of the molecule is CCCn1c(CC)nc(-c2cnn(C(C)C)c2)c1N. The summed E-state index contributed by atoms with van der Waals surface area (Å²) in [7, 11) is 0. The molecule has 2 rings (SSSR count). The van der Waals surface area contributed by atoms with Crippen LogP contribution in [-0.4, -0.2) is 19.3 Å². The first-order valence-electron chi connectivity index (χ1n) is 6.97. The molecular formula is C14H23N5. The molecule has 104 valence electrons. The number of nitrogens with zero attached hydrogens (tertiary/aromatic N) is 4. The Morgan fingerprint density at radius 1 is 1.32 bits per heavy atom. The minimum absolute atomic E-state index is 0.346. The minimum Gasteiger partial charge on any atom is -0.383 e. The number of imidazole rings is 1. The molecule has 5 heteroatoms. The quantitative estimate of drug-likeness (QED) is 0.900. The number of nitrogen functional groups attached to an aromatic ring is 1. The van der Waals surface area contributed by atoms with Crippen molar-refractivity contribution in [3.8, 4) is 11.3 Å². The summed E-state index contributed by atoms with van der Waals surface area (Å²) in [6.07, 6.45) is 5.80. The molecular weight excluding hydrogens is 238 g/mol. The van der Waals surface area contributed by atoms with Crippen molar-refractivity contribution in [1.82, 2.24) is 19.3 Å². The van der Waals surface area contributed by atoms with E-state index in [9.17, 15) is 0 Å². The Morgan fingerprint density at radius 2 is 2.05 bits per heavy atom. The van der Waals surface area contributed by atoms with Gasteiger partial charge in [-0.05, 0) is 20.3 Å². The Labute approximate surface area is 114 Å². The van der Waals surface area contributed by atoms with E-state index in [0.717, 1.165) is 42.3 Å². The Morgan fingerprint density at radius 3 is 2.58 bits per heavy atom. The highest BCUT2D eigenvalue weighted by Crippen LogP contribution is 2.27. The van der Waals surface area contributed by atoms with Crippen LogP contribution in [0.3, 0.4) is 0 Å². The molecule has 0 bridgehead atoms.